The number of para-hydroxylation sites is 2. The number of amides is 1. The Balaban J connectivity index is 1.50. The van der Waals surface area contributed by atoms with Gasteiger partial charge in [0.1, 0.15) is 0 Å². The minimum atomic E-state index is -0.180. The van der Waals surface area contributed by atoms with Crippen LogP contribution in [-0.4, -0.2) is 27.2 Å². The predicted octanol–water partition coefficient (Wildman–Crippen LogP) is 5.37. The molecule has 8 heteroatoms. The highest BCUT2D eigenvalue weighted by molar-refractivity contribution is 7.20. The molecule has 0 radical (unpaired) electrons. The van der Waals surface area contributed by atoms with Gasteiger partial charge in [-0.05, 0) is 59.5 Å². The first-order valence-corrected chi connectivity index (χ1v) is 11.1. The summed E-state index contributed by atoms with van der Waals surface area (Å²) in [5.41, 5.74) is 8.99. The standard InChI is InChI=1S/C25H25N3O4S/c1-30-20-10-15(11-21(31-2)24(20)32-3)14-27-17-8-9-22-16(12-17)13-23(33-22)25(29)28-19-7-5-4-6-18(19)26/h4-13,27H,14,26H2,1-3H3,(H,28,29). The molecule has 0 fully saturated rings. The van der Waals surface area contributed by atoms with E-state index in [1.807, 2.05) is 48.5 Å². The number of rotatable bonds is 8. The summed E-state index contributed by atoms with van der Waals surface area (Å²) in [5.74, 6) is 1.60. The summed E-state index contributed by atoms with van der Waals surface area (Å²) in [6.45, 7) is 0.562. The average molecular weight is 464 g/mol. The van der Waals surface area contributed by atoms with Gasteiger partial charge >= 0.3 is 0 Å². The van der Waals surface area contributed by atoms with Gasteiger partial charge in [0, 0.05) is 16.9 Å². The van der Waals surface area contributed by atoms with E-state index in [2.05, 4.69) is 10.6 Å². The number of hydrogen-bond donors (Lipinski definition) is 3. The van der Waals surface area contributed by atoms with E-state index in [9.17, 15) is 4.79 Å². The summed E-state index contributed by atoms with van der Waals surface area (Å²) in [6, 6.07) is 18.9. The molecular weight excluding hydrogens is 438 g/mol. The van der Waals surface area contributed by atoms with Crippen molar-refractivity contribution < 1.29 is 19.0 Å². The van der Waals surface area contributed by atoms with Gasteiger partial charge in [0.25, 0.3) is 5.91 Å². The molecule has 7 nitrogen and oxygen atoms in total. The second kappa shape index (κ2) is 9.70. The highest BCUT2D eigenvalue weighted by atomic mass is 32.1. The molecule has 3 aromatic carbocycles. The van der Waals surface area contributed by atoms with Gasteiger partial charge in [-0.1, -0.05) is 12.1 Å². The minimum absolute atomic E-state index is 0.180. The third kappa shape index (κ3) is 4.80. The van der Waals surface area contributed by atoms with E-state index in [0.717, 1.165) is 21.3 Å². The first-order chi connectivity index (χ1) is 16.0. The molecule has 0 atom stereocenters. The number of benzene rings is 3. The number of thiophene rings is 1. The molecule has 4 aromatic rings. The third-order valence-corrected chi connectivity index (χ3v) is 6.29. The number of ether oxygens (including phenoxy) is 3. The fourth-order valence-corrected chi connectivity index (χ4v) is 4.44. The van der Waals surface area contributed by atoms with E-state index >= 15 is 0 Å². The molecule has 4 N–H and O–H groups in total. The molecule has 1 heterocycles. The molecule has 0 aliphatic carbocycles. The maximum absolute atomic E-state index is 12.7. The fraction of sp³-hybridized carbons (Fsp3) is 0.160. The van der Waals surface area contributed by atoms with Crippen molar-refractivity contribution in [2.45, 2.75) is 6.54 Å². The normalized spacial score (nSPS) is 10.6. The van der Waals surface area contributed by atoms with Crippen LogP contribution in [0.4, 0.5) is 17.1 Å². The number of methoxy groups -OCH3 is 3. The monoisotopic (exact) mass is 463 g/mol. The smallest absolute Gasteiger partial charge is 0.265 e. The SMILES string of the molecule is COc1cc(CNc2ccc3sc(C(=O)Nc4ccccc4N)cc3c2)cc(OC)c1OC. The lowest BCUT2D eigenvalue weighted by atomic mass is 10.1. The zero-order valence-corrected chi connectivity index (χ0v) is 19.4. The van der Waals surface area contributed by atoms with E-state index in [-0.39, 0.29) is 5.91 Å². The van der Waals surface area contributed by atoms with Gasteiger partial charge in [0.2, 0.25) is 5.75 Å². The van der Waals surface area contributed by atoms with Crippen LogP contribution in [0.25, 0.3) is 10.1 Å². The van der Waals surface area contributed by atoms with E-state index in [1.165, 1.54) is 11.3 Å². The van der Waals surface area contributed by atoms with Crippen LogP contribution in [0.1, 0.15) is 15.2 Å². The highest BCUT2D eigenvalue weighted by Crippen LogP contribution is 2.38. The summed E-state index contributed by atoms with van der Waals surface area (Å²) < 4.78 is 17.3. The average Bonchev–Trinajstić information content (AvgIpc) is 3.27. The Hall–Kier alpha value is -3.91. The van der Waals surface area contributed by atoms with E-state index in [1.54, 1.807) is 33.5 Å². The Bertz CT molecular complexity index is 1280. The molecule has 0 bridgehead atoms. The first kappa shape index (κ1) is 22.3. The number of fused-ring (bicyclic) bond motifs is 1. The number of nitrogen functional groups attached to an aromatic ring is 1. The lowest BCUT2D eigenvalue weighted by Crippen LogP contribution is -2.11. The van der Waals surface area contributed by atoms with Crippen molar-refractivity contribution >= 4 is 44.4 Å². The molecule has 0 aliphatic heterocycles. The third-order valence-electron chi connectivity index (χ3n) is 5.17. The van der Waals surface area contributed by atoms with E-state index < -0.39 is 0 Å². The van der Waals surface area contributed by atoms with Gasteiger partial charge in [0.05, 0.1) is 37.6 Å². The molecule has 33 heavy (non-hydrogen) atoms. The van der Waals surface area contributed by atoms with Crippen molar-refractivity contribution in [2.75, 3.05) is 37.7 Å². The number of anilines is 3. The topological polar surface area (TPSA) is 94.8 Å². The maximum Gasteiger partial charge on any atom is 0.265 e. The minimum Gasteiger partial charge on any atom is -0.493 e. The quantitative estimate of drug-likeness (QED) is 0.304. The van der Waals surface area contributed by atoms with Gasteiger partial charge < -0.3 is 30.6 Å². The molecule has 0 aliphatic rings. The summed E-state index contributed by atoms with van der Waals surface area (Å²) in [7, 11) is 4.77. The zero-order chi connectivity index (χ0) is 23.4. The Morgan fingerprint density at radius 3 is 2.33 bits per heavy atom. The number of carbonyl (C=O) groups excluding carboxylic acids is 1. The maximum atomic E-state index is 12.7. The molecule has 0 saturated heterocycles. The molecule has 0 saturated carbocycles. The van der Waals surface area contributed by atoms with Crippen LogP contribution in [0.15, 0.2) is 60.7 Å². The zero-order valence-electron chi connectivity index (χ0n) is 18.6. The molecule has 4 rings (SSSR count). The van der Waals surface area contributed by atoms with Crippen LogP contribution in [0, 0.1) is 0 Å². The number of carbonyl (C=O) groups is 1. The van der Waals surface area contributed by atoms with Gasteiger partial charge in [-0.3, -0.25) is 4.79 Å². The Morgan fingerprint density at radius 2 is 1.67 bits per heavy atom. The van der Waals surface area contributed by atoms with Crippen molar-refractivity contribution in [1.29, 1.82) is 0 Å². The fourth-order valence-electron chi connectivity index (χ4n) is 3.50. The highest BCUT2D eigenvalue weighted by Gasteiger charge is 2.14. The molecule has 0 spiro atoms. The second-order valence-corrected chi connectivity index (χ2v) is 8.38. The van der Waals surface area contributed by atoms with Gasteiger partial charge in [-0.2, -0.15) is 0 Å². The van der Waals surface area contributed by atoms with Crippen LogP contribution in [0.5, 0.6) is 17.2 Å². The molecular formula is C25H25N3O4S. The van der Waals surface area contributed by atoms with Crippen molar-refractivity contribution in [2.24, 2.45) is 0 Å². The molecule has 170 valence electrons. The van der Waals surface area contributed by atoms with Crippen LogP contribution in [0.2, 0.25) is 0 Å². The molecule has 0 unspecified atom stereocenters. The molecule has 1 amide bonds. The Morgan fingerprint density at radius 1 is 0.939 bits per heavy atom. The summed E-state index contributed by atoms with van der Waals surface area (Å²) in [6.07, 6.45) is 0. The summed E-state index contributed by atoms with van der Waals surface area (Å²) in [4.78, 5) is 13.3. The first-order valence-electron chi connectivity index (χ1n) is 10.2. The summed E-state index contributed by atoms with van der Waals surface area (Å²) >= 11 is 1.44. The van der Waals surface area contributed by atoms with Crippen LogP contribution in [-0.2, 0) is 6.54 Å². The van der Waals surface area contributed by atoms with E-state index in [0.29, 0.717) is 40.0 Å². The van der Waals surface area contributed by atoms with Crippen molar-refractivity contribution in [3.05, 3.63) is 71.1 Å². The lowest BCUT2D eigenvalue weighted by Gasteiger charge is -2.15. The number of hydrogen-bond acceptors (Lipinski definition) is 7. The van der Waals surface area contributed by atoms with Crippen molar-refractivity contribution in [1.82, 2.24) is 0 Å². The largest absolute Gasteiger partial charge is 0.493 e. The van der Waals surface area contributed by atoms with Gasteiger partial charge in [0.15, 0.2) is 11.5 Å². The number of nitrogens with two attached hydrogens (primary N) is 1. The Labute approximate surface area is 196 Å². The van der Waals surface area contributed by atoms with E-state index in [4.69, 9.17) is 19.9 Å². The second-order valence-electron chi connectivity index (χ2n) is 7.29. The van der Waals surface area contributed by atoms with Crippen LogP contribution < -0.4 is 30.6 Å². The van der Waals surface area contributed by atoms with Crippen LogP contribution >= 0.6 is 11.3 Å². The van der Waals surface area contributed by atoms with Crippen molar-refractivity contribution in [3.8, 4) is 17.2 Å². The predicted molar refractivity (Wildman–Crippen MR) is 134 cm³/mol. The summed E-state index contributed by atoms with van der Waals surface area (Å²) in [5, 5.41) is 7.28. The number of nitrogens with one attached hydrogen (secondary N) is 2. The Kier molecular flexibility index (Phi) is 6.55. The van der Waals surface area contributed by atoms with Gasteiger partial charge in [-0.15, -0.1) is 11.3 Å². The van der Waals surface area contributed by atoms with Crippen molar-refractivity contribution in [3.63, 3.8) is 0 Å². The lowest BCUT2D eigenvalue weighted by molar-refractivity contribution is 0.103. The van der Waals surface area contributed by atoms with Crippen LogP contribution in [0.3, 0.4) is 0 Å². The molecule has 1 aromatic heterocycles. The van der Waals surface area contributed by atoms with Gasteiger partial charge in [-0.25, -0.2) is 0 Å².